The molecule has 0 aliphatic carbocycles. The Morgan fingerprint density at radius 3 is 2.57 bits per heavy atom. The van der Waals surface area contributed by atoms with E-state index in [1.807, 2.05) is 31.3 Å². The third-order valence-electron chi connectivity index (χ3n) is 3.51. The van der Waals surface area contributed by atoms with Crippen LogP contribution in [0.15, 0.2) is 53.4 Å². The van der Waals surface area contributed by atoms with Crippen LogP contribution in [0.2, 0.25) is 5.02 Å². The number of nitrogens with one attached hydrogen (secondary N) is 2. The van der Waals surface area contributed by atoms with Crippen LogP contribution in [-0.4, -0.2) is 25.8 Å². The number of carbonyl (C=O) groups is 1. The monoisotopic (exact) mass is 349 g/mol. The first-order valence-electron chi connectivity index (χ1n) is 7.52. The van der Waals surface area contributed by atoms with Crippen molar-refractivity contribution in [3.8, 4) is 0 Å². The summed E-state index contributed by atoms with van der Waals surface area (Å²) in [5, 5.41) is 3.63. The van der Waals surface area contributed by atoms with Crippen molar-refractivity contribution < 1.29 is 9.69 Å². The van der Waals surface area contributed by atoms with Gasteiger partial charge in [0, 0.05) is 22.0 Å². The van der Waals surface area contributed by atoms with Gasteiger partial charge in [-0.1, -0.05) is 35.9 Å². The first kappa shape index (κ1) is 17.9. The lowest BCUT2D eigenvalue weighted by atomic mass is 10.2. The van der Waals surface area contributed by atoms with Crippen molar-refractivity contribution in [2.24, 2.45) is 0 Å². The second-order valence-corrected chi connectivity index (χ2v) is 6.88. The van der Waals surface area contributed by atoms with Gasteiger partial charge in [-0.3, -0.25) is 4.79 Å². The zero-order valence-electron chi connectivity index (χ0n) is 13.4. The van der Waals surface area contributed by atoms with E-state index in [1.165, 1.54) is 10.5 Å². The van der Waals surface area contributed by atoms with Crippen molar-refractivity contribution in [1.82, 2.24) is 5.32 Å². The lowest BCUT2D eigenvalue weighted by Crippen LogP contribution is -3.08. The Morgan fingerprint density at radius 2 is 1.91 bits per heavy atom. The molecule has 23 heavy (non-hydrogen) atoms. The molecule has 0 aliphatic heterocycles. The Bertz CT molecular complexity index is 646. The summed E-state index contributed by atoms with van der Waals surface area (Å²) in [6.07, 6.45) is 2.07. The number of hydrogen-bond acceptors (Lipinski definition) is 2. The quantitative estimate of drug-likeness (QED) is 0.752. The van der Waals surface area contributed by atoms with Crippen LogP contribution < -0.4 is 10.2 Å². The van der Waals surface area contributed by atoms with Crippen LogP contribution in [0.5, 0.6) is 0 Å². The maximum atomic E-state index is 12.0. The van der Waals surface area contributed by atoms with E-state index >= 15 is 0 Å². The van der Waals surface area contributed by atoms with Crippen molar-refractivity contribution in [1.29, 1.82) is 0 Å². The van der Waals surface area contributed by atoms with Gasteiger partial charge in [0.25, 0.3) is 5.91 Å². The highest BCUT2D eigenvalue weighted by Gasteiger charge is 2.10. The van der Waals surface area contributed by atoms with Crippen LogP contribution >= 0.6 is 23.4 Å². The molecular formula is C18H22ClN2OS+. The summed E-state index contributed by atoms with van der Waals surface area (Å²) in [7, 11) is 2.03. The first-order chi connectivity index (χ1) is 11.1. The molecule has 1 atom stereocenters. The highest BCUT2D eigenvalue weighted by atomic mass is 35.5. The molecule has 1 unspecified atom stereocenters. The Kier molecular flexibility index (Phi) is 6.96. The van der Waals surface area contributed by atoms with Crippen LogP contribution in [0.1, 0.15) is 11.1 Å². The van der Waals surface area contributed by atoms with Gasteiger partial charge in [0.1, 0.15) is 6.54 Å². The summed E-state index contributed by atoms with van der Waals surface area (Å²) in [6.45, 7) is 1.79. The SMILES string of the molecule is CSc1ccc(C[NH+](C)CC(=O)NCc2cccc(Cl)c2)cc1. The molecule has 0 radical (unpaired) electrons. The van der Waals surface area contributed by atoms with Gasteiger partial charge >= 0.3 is 0 Å². The number of quaternary nitrogens is 1. The third-order valence-corrected chi connectivity index (χ3v) is 4.48. The third kappa shape index (κ3) is 6.26. The molecule has 0 saturated carbocycles. The van der Waals surface area contributed by atoms with E-state index in [0.29, 0.717) is 18.1 Å². The molecule has 2 aromatic carbocycles. The van der Waals surface area contributed by atoms with E-state index in [-0.39, 0.29) is 5.91 Å². The van der Waals surface area contributed by atoms with Gasteiger partial charge in [-0.05, 0) is 36.1 Å². The lowest BCUT2D eigenvalue weighted by Gasteiger charge is -2.14. The van der Waals surface area contributed by atoms with E-state index in [2.05, 4.69) is 35.8 Å². The van der Waals surface area contributed by atoms with E-state index in [9.17, 15) is 4.79 Å². The normalized spacial score (nSPS) is 12.0. The number of thioether (sulfide) groups is 1. The van der Waals surface area contributed by atoms with Crippen molar-refractivity contribution in [3.05, 3.63) is 64.7 Å². The number of benzene rings is 2. The predicted octanol–water partition coefficient (Wildman–Crippen LogP) is 2.39. The van der Waals surface area contributed by atoms with Crippen LogP contribution in [0.25, 0.3) is 0 Å². The lowest BCUT2D eigenvalue weighted by molar-refractivity contribution is -0.885. The smallest absolute Gasteiger partial charge is 0.275 e. The topological polar surface area (TPSA) is 33.5 Å². The molecule has 3 nitrogen and oxygen atoms in total. The minimum atomic E-state index is 0.0446. The minimum absolute atomic E-state index is 0.0446. The molecule has 0 bridgehead atoms. The van der Waals surface area contributed by atoms with E-state index in [1.54, 1.807) is 11.8 Å². The zero-order valence-corrected chi connectivity index (χ0v) is 15.0. The predicted molar refractivity (Wildman–Crippen MR) is 97.0 cm³/mol. The van der Waals surface area contributed by atoms with Crippen molar-refractivity contribution in [2.75, 3.05) is 19.8 Å². The second kappa shape index (κ2) is 8.96. The molecule has 0 spiro atoms. The standard InChI is InChI=1S/C18H21ClN2OS/c1-21(12-14-6-8-17(23-2)9-7-14)13-18(22)20-11-15-4-3-5-16(19)10-15/h3-10H,11-13H2,1-2H3,(H,20,22)/p+1. The zero-order chi connectivity index (χ0) is 16.7. The molecule has 0 heterocycles. The van der Waals surface area contributed by atoms with Gasteiger partial charge in [-0.25, -0.2) is 0 Å². The van der Waals surface area contributed by atoms with Crippen molar-refractivity contribution >= 4 is 29.3 Å². The number of carbonyl (C=O) groups excluding carboxylic acids is 1. The summed E-state index contributed by atoms with van der Waals surface area (Å²) < 4.78 is 0. The fourth-order valence-electron chi connectivity index (χ4n) is 2.34. The average molecular weight is 350 g/mol. The number of likely N-dealkylation sites (N-methyl/N-ethyl adjacent to an activating group) is 1. The van der Waals surface area contributed by atoms with Gasteiger partial charge < -0.3 is 10.2 Å². The van der Waals surface area contributed by atoms with Gasteiger partial charge in [0.15, 0.2) is 6.54 Å². The van der Waals surface area contributed by atoms with Crippen LogP contribution in [0.3, 0.4) is 0 Å². The Morgan fingerprint density at radius 1 is 1.17 bits per heavy atom. The molecule has 0 aromatic heterocycles. The van der Waals surface area contributed by atoms with Crippen molar-refractivity contribution in [2.45, 2.75) is 18.0 Å². The molecule has 2 rings (SSSR count). The summed E-state index contributed by atoms with van der Waals surface area (Å²) in [5.74, 6) is 0.0446. The van der Waals surface area contributed by atoms with Crippen LogP contribution in [0, 0.1) is 0 Å². The molecule has 2 N–H and O–H groups in total. The van der Waals surface area contributed by atoms with Gasteiger partial charge in [0.05, 0.1) is 7.05 Å². The van der Waals surface area contributed by atoms with Gasteiger partial charge in [-0.2, -0.15) is 0 Å². The number of halogens is 1. The fraction of sp³-hybridized carbons (Fsp3) is 0.278. The number of amides is 1. The van der Waals surface area contributed by atoms with Gasteiger partial charge in [-0.15, -0.1) is 11.8 Å². The number of rotatable bonds is 7. The van der Waals surface area contributed by atoms with E-state index in [0.717, 1.165) is 17.0 Å². The molecule has 1 amide bonds. The highest BCUT2D eigenvalue weighted by Crippen LogP contribution is 2.14. The molecule has 2 aromatic rings. The maximum Gasteiger partial charge on any atom is 0.275 e. The average Bonchev–Trinajstić information content (AvgIpc) is 2.53. The van der Waals surface area contributed by atoms with Crippen molar-refractivity contribution in [3.63, 3.8) is 0 Å². The number of hydrogen-bond donors (Lipinski definition) is 2. The molecule has 0 saturated heterocycles. The Balaban J connectivity index is 1.77. The molecule has 122 valence electrons. The summed E-state index contributed by atoms with van der Waals surface area (Å²) in [5.41, 5.74) is 2.25. The van der Waals surface area contributed by atoms with E-state index < -0.39 is 0 Å². The van der Waals surface area contributed by atoms with Crippen LogP contribution in [-0.2, 0) is 17.9 Å². The summed E-state index contributed by atoms with van der Waals surface area (Å²) >= 11 is 7.67. The second-order valence-electron chi connectivity index (χ2n) is 5.57. The molecule has 5 heteroatoms. The first-order valence-corrected chi connectivity index (χ1v) is 9.12. The van der Waals surface area contributed by atoms with E-state index in [4.69, 9.17) is 11.6 Å². The summed E-state index contributed by atoms with van der Waals surface area (Å²) in [6, 6.07) is 16.0. The van der Waals surface area contributed by atoms with Gasteiger partial charge in [0.2, 0.25) is 0 Å². The summed E-state index contributed by atoms with van der Waals surface area (Å²) in [4.78, 5) is 14.4. The largest absolute Gasteiger partial charge is 0.347 e. The Hall–Kier alpha value is -1.49. The molecule has 0 aliphatic rings. The minimum Gasteiger partial charge on any atom is -0.347 e. The van der Waals surface area contributed by atoms with Crippen LogP contribution in [0.4, 0.5) is 0 Å². The molecular weight excluding hydrogens is 328 g/mol. The Labute approximate surface area is 147 Å². The maximum absolute atomic E-state index is 12.0. The highest BCUT2D eigenvalue weighted by molar-refractivity contribution is 7.98. The fourth-order valence-corrected chi connectivity index (χ4v) is 2.96. The molecule has 0 fully saturated rings.